The maximum absolute atomic E-state index is 12.9. The first kappa shape index (κ1) is 19.8. The number of carbonyl (C=O) groups excluding carboxylic acids is 2. The summed E-state index contributed by atoms with van der Waals surface area (Å²) in [5.74, 6) is -0.0593. The van der Waals surface area contributed by atoms with E-state index < -0.39 is 0 Å². The molecule has 0 saturated carbocycles. The Morgan fingerprint density at radius 1 is 1.11 bits per heavy atom. The number of nitrogens with one attached hydrogen (secondary N) is 1. The first-order valence-electron chi connectivity index (χ1n) is 9.72. The molecule has 0 radical (unpaired) electrons. The van der Waals surface area contributed by atoms with Gasteiger partial charge in [-0.1, -0.05) is 42.5 Å². The van der Waals surface area contributed by atoms with Crippen LogP contribution in [-0.4, -0.2) is 42.9 Å². The van der Waals surface area contributed by atoms with Crippen molar-refractivity contribution >= 4 is 23.2 Å². The third-order valence-electron chi connectivity index (χ3n) is 4.96. The summed E-state index contributed by atoms with van der Waals surface area (Å²) in [6.07, 6.45) is 3.49. The molecule has 1 atom stereocenters. The van der Waals surface area contributed by atoms with Gasteiger partial charge >= 0.3 is 0 Å². The van der Waals surface area contributed by atoms with Crippen molar-refractivity contribution < 1.29 is 9.59 Å². The Hall–Kier alpha value is -2.92. The third-order valence-corrected chi connectivity index (χ3v) is 4.96. The zero-order chi connectivity index (χ0) is 19.8. The summed E-state index contributed by atoms with van der Waals surface area (Å²) in [7, 11) is 0. The van der Waals surface area contributed by atoms with Gasteiger partial charge in [0.05, 0.1) is 12.5 Å². The van der Waals surface area contributed by atoms with Crippen LogP contribution in [0.2, 0.25) is 0 Å². The molecule has 2 aromatic rings. The van der Waals surface area contributed by atoms with E-state index in [0.29, 0.717) is 19.6 Å². The van der Waals surface area contributed by atoms with E-state index in [1.54, 1.807) is 11.0 Å². The summed E-state index contributed by atoms with van der Waals surface area (Å²) >= 11 is 0. The molecule has 1 fully saturated rings. The van der Waals surface area contributed by atoms with E-state index in [9.17, 15) is 9.59 Å². The second kappa shape index (κ2) is 9.85. The van der Waals surface area contributed by atoms with E-state index in [2.05, 4.69) is 16.8 Å². The molecule has 1 unspecified atom stereocenters. The number of hydrogen-bond acceptors (Lipinski definition) is 3. The van der Waals surface area contributed by atoms with E-state index >= 15 is 0 Å². The van der Waals surface area contributed by atoms with Gasteiger partial charge in [0.15, 0.2) is 0 Å². The highest BCUT2D eigenvalue weighted by molar-refractivity contribution is 5.95. The highest BCUT2D eigenvalue weighted by Gasteiger charge is 2.28. The number of benzene rings is 2. The molecule has 0 spiro atoms. The lowest BCUT2D eigenvalue weighted by molar-refractivity contribution is -0.124. The number of nitrogens with zero attached hydrogens (tertiary/aromatic N) is 2. The molecule has 1 heterocycles. The lowest BCUT2D eigenvalue weighted by Gasteiger charge is -2.33. The number of rotatable bonds is 7. The molecule has 3 rings (SSSR count). The second-order valence-electron chi connectivity index (χ2n) is 7.06. The maximum atomic E-state index is 12.9. The van der Waals surface area contributed by atoms with Crippen molar-refractivity contribution in [1.82, 2.24) is 4.90 Å². The Kier molecular flexibility index (Phi) is 6.98. The van der Waals surface area contributed by atoms with Gasteiger partial charge < -0.3 is 10.2 Å². The molecule has 1 N–H and O–H groups in total. The average molecular weight is 377 g/mol. The monoisotopic (exact) mass is 377 g/mol. The van der Waals surface area contributed by atoms with Gasteiger partial charge in [-0.3, -0.25) is 14.5 Å². The Labute approximate surface area is 166 Å². The summed E-state index contributed by atoms with van der Waals surface area (Å²) in [5, 5.41) is 2.98. The van der Waals surface area contributed by atoms with Crippen LogP contribution in [0.1, 0.15) is 12.8 Å². The molecule has 2 aromatic carbocycles. The second-order valence-corrected chi connectivity index (χ2v) is 7.06. The fourth-order valence-corrected chi connectivity index (χ4v) is 3.54. The molecule has 5 nitrogen and oxygen atoms in total. The number of para-hydroxylation sites is 2. The van der Waals surface area contributed by atoms with Crippen LogP contribution in [0, 0.1) is 5.92 Å². The van der Waals surface area contributed by atoms with Crippen molar-refractivity contribution in [3.63, 3.8) is 0 Å². The van der Waals surface area contributed by atoms with Crippen molar-refractivity contribution in [2.24, 2.45) is 5.92 Å². The van der Waals surface area contributed by atoms with Crippen molar-refractivity contribution in [1.29, 1.82) is 0 Å². The zero-order valence-electron chi connectivity index (χ0n) is 16.1. The Morgan fingerprint density at radius 3 is 2.46 bits per heavy atom. The zero-order valence-corrected chi connectivity index (χ0v) is 16.1. The molecular weight excluding hydrogens is 350 g/mol. The van der Waals surface area contributed by atoms with Crippen LogP contribution in [0.4, 0.5) is 11.4 Å². The van der Waals surface area contributed by atoms with Crippen molar-refractivity contribution in [2.75, 3.05) is 36.4 Å². The van der Waals surface area contributed by atoms with Crippen LogP contribution < -0.4 is 10.2 Å². The number of carbonyl (C=O) groups is 2. The van der Waals surface area contributed by atoms with Crippen LogP contribution in [-0.2, 0) is 9.59 Å². The summed E-state index contributed by atoms with van der Waals surface area (Å²) in [5.41, 5.74) is 1.67. The number of likely N-dealkylation sites (tertiary alicyclic amines) is 1. The smallest absolute Gasteiger partial charge is 0.241 e. The fourth-order valence-electron chi connectivity index (χ4n) is 3.54. The number of amides is 2. The van der Waals surface area contributed by atoms with Crippen molar-refractivity contribution in [3.05, 3.63) is 73.3 Å². The lowest BCUT2D eigenvalue weighted by atomic mass is 9.97. The minimum absolute atomic E-state index is 0.0226. The SMILES string of the molecule is C=CCN(C(=O)CN1CCCC(C(=O)Nc2ccccc2)C1)c1ccccc1. The molecule has 28 heavy (non-hydrogen) atoms. The molecule has 0 aromatic heterocycles. The first-order valence-corrected chi connectivity index (χ1v) is 9.72. The molecule has 1 saturated heterocycles. The van der Waals surface area contributed by atoms with Gasteiger partial charge in [-0.25, -0.2) is 0 Å². The van der Waals surface area contributed by atoms with Gasteiger partial charge in [0.2, 0.25) is 11.8 Å². The minimum atomic E-state index is -0.105. The molecular formula is C23H27N3O2. The number of hydrogen-bond donors (Lipinski definition) is 1. The first-order chi connectivity index (χ1) is 13.7. The largest absolute Gasteiger partial charge is 0.326 e. The third kappa shape index (κ3) is 5.30. The highest BCUT2D eigenvalue weighted by Crippen LogP contribution is 2.20. The van der Waals surface area contributed by atoms with Crippen LogP contribution in [0.15, 0.2) is 73.3 Å². The number of piperidine rings is 1. The van der Waals surface area contributed by atoms with E-state index in [4.69, 9.17) is 0 Å². The molecule has 1 aliphatic heterocycles. The van der Waals surface area contributed by atoms with Crippen LogP contribution >= 0.6 is 0 Å². The number of anilines is 2. The van der Waals surface area contributed by atoms with Crippen molar-refractivity contribution in [2.45, 2.75) is 12.8 Å². The Balaban J connectivity index is 1.59. The summed E-state index contributed by atoms with van der Waals surface area (Å²) < 4.78 is 0. The molecule has 0 aliphatic carbocycles. The van der Waals surface area contributed by atoms with Crippen LogP contribution in [0.5, 0.6) is 0 Å². The fraction of sp³-hybridized carbons (Fsp3) is 0.304. The average Bonchev–Trinajstić information content (AvgIpc) is 2.73. The van der Waals surface area contributed by atoms with Crippen LogP contribution in [0.3, 0.4) is 0 Å². The normalized spacial score (nSPS) is 16.9. The minimum Gasteiger partial charge on any atom is -0.326 e. The van der Waals surface area contributed by atoms with E-state index in [-0.39, 0.29) is 17.7 Å². The van der Waals surface area contributed by atoms with E-state index in [1.165, 1.54) is 0 Å². The standard InChI is InChI=1S/C23H27N3O2/c1-2-15-26(21-13-7-4-8-14-21)22(27)18-25-16-9-10-19(17-25)23(28)24-20-11-5-3-6-12-20/h2-8,11-14,19H,1,9-10,15-18H2,(H,24,28). The molecule has 5 heteroatoms. The Bertz CT molecular complexity index is 792. The topological polar surface area (TPSA) is 52.7 Å². The molecule has 146 valence electrons. The quantitative estimate of drug-likeness (QED) is 0.751. The summed E-state index contributed by atoms with van der Waals surface area (Å²) in [6.45, 7) is 5.97. The van der Waals surface area contributed by atoms with Gasteiger partial charge in [0, 0.05) is 24.5 Å². The van der Waals surface area contributed by atoms with E-state index in [1.807, 2.05) is 60.7 Å². The molecule has 1 aliphatic rings. The highest BCUT2D eigenvalue weighted by atomic mass is 16.2. The predicted octanol–water partition coefficient (Wildman–Crippen LogP) is 3.56. The predicted molar refractivity (Wildman–Crippen MR) is 113 cm³/mol. The van der Waals surface area contributed by atoms with Gasteiger partial charge in [-0.15, -0.1) is 6.58 Å². The Morgan fingerprint density at radius 2 is 1.79 bits per heavy atom. The molecule has 0 bridgehead atoms. The summed E-state index contributed by atoms with van der Waals surface area (Å²) in [4.78, 5) is 29.3. The van der Waals surface area contributed by atoms with Gasteiger partial charge in [-0.05, 0) is 43.7 Å². The van der Waals surface area contributed by atoms with Gasteiger partial charge in [0.1, 0.15) is 0 Å². The summed E-state index contributed by atoms with van der Waals surface area (Å²) in [6, 6.07) is 19.1. The lowest BCUT2D eigenvalue weighted by Crippen LogP contribution is -2.46. The van der Waals surface area contributed by atoms with Crippen LogP contribution in [0.25, 0.3) is 0 Å². The van der Waals surface area contributed by atoms with Gasteiger partial charge in [-0.2, -0.15) is 0 Å². The van der Waals surface area contributed by atoms with Gasteiger partial charge in [0.25, 0.3) is 0 Å². The molecule has 2 amide bonds. The van der Waals surface area contributed by atoms with Crippen molar-refractivity contribution in [3.8, 4) is 0 Å². The maximum Gasteiger partial charge on any atom is 0.241 e. The van der Waals surface area contributed by atoms with E-state index in [0.717, 1.165) is 30.8 Å².